The van der Waals surface area contributed by atoms with Crippen LogP contribution in [0.2, 0.25) is 5.02 Å². The molecule has 0 N–H and O–H groups in total. The summed E-state index contributed by atoms with van der Waals surface area (Å²) in [6.45, 7) is 1.70. The highest BCUT2D eigenvalue weighted by molar-refractivity contribution is 7.91. The molecule has 0 spiro atoms. The highest BCUT2D eigenvalue weighted by Crippen LogP contribution is 2.27. The lowest BCUT2D eigenvalue weighted by Gasteiger charge is -2.21. The Hall–Kier alpha value is -3.42. The lowest BCUT2D eigenvalue weighted by Crippen LogP contribution is -2.30. The minimum absolute atomic E-state index is 0.172. The molecule has 0 aliphatic heterocycles. The number of ether oxygens (including phenoxy) is 2. The molecule has 0 bridgehead atoms. The normalized spacial score (nSPS) is 13.5. The van der Waals surface area contributed by atoms with Gasteiger partial charge < -0.3 is 18.6 Å². The van der Waals surface area contributed by atoms with E-state index in [1.54, 1.807) is 28.8 Å². The molecular weight excluding hydrogens is 498 g/mol. The molecule has 0 amide bonds. The maximum Gasteiger partial charge on any atom is 0.213 e. The van der Waals surface area contributed by atoms with E-state index in [1.807, 2.05) is 0 Å². The van der Waals surface area contributed by atoms with Gasteiger partial charge in [-0.15, -0.1) is 10.2 Å². The molecular formula is C21H22ClN7O5S. The second-order valence-electron chi connectivity index (χ2n) is 7.51. The van der Waals surface area contributed by atoms with E-state index in [0.29, 0.717) is 28.1 Å². The van der Waals surface area contributed by atoms with Crippen LogP contribution in [-0.2, 0) is 26.9 Å². The number of halogens is 1. The fraction of sp³-hybridized carbons (Fsp3) is 0.333. The first-order chi connectivity index (χ1) is 16.8. The zero-order chi connectivity index (χ0) is 25.0. The second-order valence-corrected chi connectivity index (χ2v) is 10.3. The van der Waals surface area contributed by atoms with Crippen LogP contribution in [0.25, 0.3) is 11.5 Å². The molecule has 0 saturated carbocycles. The van der Waals surface area contributed by atoms with Gasteiger partial charge in [0, 0.05) is 31.6 Å². The molecule has 0 fully saturated rings. The van der Waals surface area contributed by atoms with Crippen molar-refractivity contribution in [3.05, 3.63) is 65.3 Å². The Morgan fingerprint density at radius 3 is 2.57 bits per heavy atom. The van der Waals surface area contributed by atoms with Gasteiger partial charge in [-0.1, -0.05) is 22.8 Å². The van der Waals surface area contributed by atoms with Crippen molar-refractivity contribution >= 4 is 21.4 Å². The van der Waals surface area contributed by atoms with Crippen molar-refractivity contribution in [2.45, 2.75) is 30.6 Å². The Morgan fingerprint density at radius 2 is 1.91 bits per heavy atom. The molecule has 0 aliphatic carbocycles. The smallest absolute Gasteiger partial charge is 0.213 e. The maximum atomic E-state index is 13.4. The first kappa shape index (κ1) is 24.7. The predicted octanol–water partition coefficient (Wildman–Crippen LogP) is 2.52. The standard InChI is InChI=1S/C21H22ClN7O5S/c1-13(19(33-3)20-23-9-14(22)10-24-20)35(30,31)12-17-26-27-21(16-5-4-6-18(25-16)32-2)29(17)11-15-7-8-34-28-15/h4-10,13,19H,11-12H2,1-3H3/t13-,19-/m0/s1. The van der Waals surface area contributed by atoms with Crippen LogP contribution in [0.15, 0.2) is 47.4 Å². The Kier molecular flexibility index (Phi) is 7.38. The van der Waals surface area contributed by atoms with Crippen molar-refractivity contribution in [3.63, 3.8) is 0 Å². The minimum Gasteiger partial charge on any atom is -0.481 e. The third-order valence-corrected chi connectivity index (χ3v) is 7.51. The van der Waals surface area contributed by atoms with Crippen molar-refractivity contribution in [3.8, 4) is 17.4 Å². The van der Waals surface area contributed by atoms with E-state index in [0.717, 1.165) is 0 Å². The zero-order valence-corrected chi connectivity index (χ0v) is 20.6. The molecule has 184 valence electrons. The van der Waals surface area contributed by atoms with E-state index in [-0.39, 0.29) is 18.2 Å². The average molecular weight is 520 g/mol. The summed E-state index contributed by atoms with van der Waals surface area (Å²) in [4.78, 5) is 12.6. The number of methoxy groups -OCH3 is 2. The van der Waals surface area contributed by atoms with Gasteiger partial charge in [0.15, 0.2) is 21.5 Å². The second kappa shape index (κ2) is 10.5. The summed E-state index contributed by atoms with van der Waals surface area (Å²) >= 11 is 5.86. The summed E-state index contributed by atoms with van der Waals surface area (Å²) in [5.41, 5.74) is 1.02. The average Bonchev–Trinajstić information content (AvgIpc) is 3.51. The van der Waals surface area contributed by atoms with Crippen LogP contribution in [0.1, 0.15) is 30.4 Å². The van der Waals surface area contributed by atoms with Crippen LogP contribution in [0, 0.1) is 0 Å². The summed E-state index contributed by atoms with van der Waals surface area (Å²) in [5, 5.41) is 11.7. The SMILES string of the molecule is COc1cccc(-c2nnc(CS(=O)(=O)[C@@H](C)[C@H](OC)c3ncc(Cl)cn3)n2Cc2ccon2)n1. The molecule has 0 saturated heterocycles. The monoisotopic (exact) mass is 519 g/mol. The molecule has 2 atom stereocenters. The van der Waals surface area contributed by atoms with Crippen LogP contribution >= 0.6 is 11.6 Å². The zero-order valence-electron chi connectivity index (χ0n) is 19.1. The third-order valence-electron chi connectivity index (χ3n) is 5.27. The van der Waals surface area contributed by atoms with Gasteiger partial charge in [-0.05, 0) is 13.0 Å². The van der Waals surface area contributed by atoms with Gasteiger partial charge in [-0.2, -0.15) is 0 Å². The quantitative estimate of drug-likeness (QED) is 0.304. The van der Waals surface area contributed by atoms with Crippen molar-refractivity contribution in [2.24, 2.45) is 0 Å². The van der Waals surface area contributed by atoms with Crippen LogP contribution < -0.4 is 4.74 Å². The Balaban J connectivity index is 1.69. The minimum atomic E-state index is -3.82. The van der Waals surface area contributed by atoms with E-state index >= 15 is 0 Å². The highest BCUT2D eigenvalue weighted by atomic mass is 35.5. The Bertz CT molecular complexity index is 1380. The number of nitrogens with zero attached hydrogens (tertiary/aromatic N) is 7. The van der Waals surface area contributed by atoms with Gasteiger partial charge in [0.1, 0.15) is 35.3 Å². The van der Waals surface area contributed by atoms with Gasteiger partial charge in [0.25, 0.3) is 0 Å². The van der Waals surface area contributed by atoms with E-state index in [2.05, 4.69) is 30.3 Å². The number of sulfone groups is 1. The number of pyridine rings is 1. The third kappa shape index (κ3) is 5.47. The summed E-state index contributed by atoms with van der Waals surface area (Å²) in [6, 6.07) is 6.84. The van der Waals surface area contributed by atoms with Gasteiger partial charge in [-0.3, -0.25) is 0 Å². The van der Waals surface area contributed by atoms with Crippen LogP contribution in [0.4, 0.5) is 0 Å². The fourth-order valence-corrected chi connectivity index (χ4v) is 4.95. The number of aromatic nitrogens is 7. The molecule has 35 heavy (non-hydrogen) atoms. The number of hydrogen-bond acceptors (Lipinski definition) is 11. The number of hydrogen-bond donors (Lipinski definition) is 0. The first-order valence-corrected chi connectivity index (χ1v) is 12.5. The molecule has 14 heteroatoms. The molecule has 12 nitrogen and oxygen atoms in total. The maximum absolute atomic E-state index is 13.4. The molecule has 4 aromatic heterocycles. The topological polar surface area (TPSA) is 148 Å². The lowest BCUT2D eigenvalue weighted by atomic mass is 10.2. The van der Waals surface area contributed by atoms with Gasteiger partial charge >= 0.3 is 0 Å². The molecule has 4 heterocycles. The van der Waals surface area contributed by atoms with E-state index in [1.165, 1.54) is 39.8 Å². The van der Waals surface area contributed by atoms with Gasteiger partial charge in [0.2, 0.25) is 5.88 Å². The van der Waals surface area contributed by atoms with Crippen LogP contribution in [0.5, 0.6) is 5.88 Å². The summed E-state index contributed by atoms with van der Waals surface area (Å²) in [6.07, 6.45) is 3.29. The Morgan fingerprint density at radius 1 is 1.14 bits per heavy atom. The summed E-state index contributed by atoms with van der Waals surface area (Å²) < 4.78 is 44.1. The van der Waals surface area contributed by atoms with Gasteiger partial charge in [-0.25, -0.2) is 23.4 Å². The van der Waals surface area contributed by atoms with Crippen molar-refractivity contribution in [2.75, 3.05) is 14.2 Å². The molecule has 0 aliphatic rings. The molecule has 4 rings (SSSR count). The fourth-order valence-electron chi connectivity index (χ4n) is 3.41. The van der Waals surface area contributed by atoms with Crippen molar-refractivity contribution in [1.82, 2.24) is 34.9 Å². The van der Waals surface area contributed by atoms with E-state index in [4.69, 9.17) is 25.6 Å². The predicted molar refractivity (Wildman–Crippen MR) is 124 cm³/mol. The van der Waals surface area contributed by atoms with E-state index < -0.39 is 26.9 Å². The van der Waals surface area contributed by atoms with E-state index in [9.17, 15) is 8.42 Å². The first-order valence-electron chi connectivity index (χ1n) is 10.4. The highest BCUT2D eigenvalue weighted by Gasteiger charge is 2.34. The lowest BCUT2D eigenvalue weighted by molar-refractivity contribution is 0.0948. The van der Waals surface area contributed by atoms with Crippen LogP contribution in [0.3, 0.4) is 0 Å². The molecule has 0 radical (unpaired) electrons. The van der Waals surface area contributed by atoms with Crippen molar-refractivity contribution < 1.29 is 22.4 Å². The molecule has 4 aromatic rings. The summed E-state index contributed by atoms with van der Waals surface area (Å²) in [7, 11) is -0.917. The Labute approximate surface area is 206 Å². The summed E-state index contributed by atoms with van der Waals surface area (Å²) in [5.74, 6) is 0.724. The van der Waals surface area contributed by atoms with Gasteiger partial charge in [0.05, 0.1) is 23.9 Å². The van der Waals surface area contributed by atoms with Crippen molar-refractivity contribution in [1.29, 1.82) is 0 Å². The molecule has 0 unspecified atom stereocenters. The number of rotatable bonds is 10. The molecule has 0 aromatic carbocycles. The largest absolute Gasteiger partial charge is 0.481 e. The van der Waals surface area contributed by atoms with Crippen LogP contribution in [-0.4, -0.2) is 62.8 Å².